The van der Waals surface area contributed by atoms with Gasteiger partial charge in [0.2, 0.25) is 5.91 Å². The fourth-order valence-corrected chi connectivity index (χ4v) is 2.44. The van der Waals surface area contributed by atoms with Gasteiger partial charge in [0.25, 0.3) is 0 Å². The molecule has 1 aliphatic rings. The van der Waals surface area contributed by atoms with Crippen LogP contribution >= 0.6 is 0 Å². The Balaban J connectivity index is 2.57. The minimum absolute atomic E-state index is 0.0243. The Morgan fingerprint density at radius 1 is 1.17 bits per heavy atom. The Kier molecular flexibility index (Phi) is 4.41. The Hall–Kier alpha value is -1.06. The molecule has 4 nitrogen and oxygen atoms in total. The molecule has 4 heteroatoms. The molecular weight excluding hydrogens is 230 g/mol. The van der Waals surface area contributed by atoms with Gasteiger partial charge in [-0.15, -0.1) is 0 Å². The molecule has 1 fully saturated rings. The average Bonchev–Trinajstić information content (AvgIpc) is 2.79. The van der Waals surface area contributed by atoms with E-state index in [9.17, 15) is 9.59 Å². The molecule has 1 amide bonds. The lowest BCUT2D eigenvalue weighted by molar-refractivity contribution is -0.147. The molecule has 1 aliphatic carbocycles. The largest absolute Gasteiger partial charge is 0.481 e. The lowest BCUT2D eigenvalue weighted by atomic mass is 9.76. The summed E-state index contributed by atoms with van der Waals surface area (Å²) in [6.07, 6.45) is 4.59. The van der Waals surface area contributed by atoms with Crippen molar-refractivity contribution in [1.29, 1.82) is 0 Å². The van der Waals surface area contributed by atoms with Crippen LogP contribution in [0.1, 0.15) is 53.4 Å². The Bertz CT molecular complexity index is 328. The Labute approximate surface area is 109 Å². The molecule has 0 aliphatic heterocycles. The van der Waals surface area contributed by atoms with Gasteiger partial charge in [-0.1, -0.05) is 26.7 Å². The van der Waals surface area contributed by atoms with E-state index in [1.807, 2.05) is 13.8 Å². The SMILES string of the molecule is CC(C)(CNC(=O)C(C)(C)C1CCCC1)C(=O)O. The molecule has 2 N–H and O–H groups in total. The first kappa shape index (κ1) is 15.0. The number of carboxylic acid groups (broad SMARTS) is 1. The quantitative estimate of drug-likeness (QED) is 0.793. The van der Waals surface area contributed by atoms with Gasteiger partial charge in [-0.25, -0.2) is 0 Å². The molecule has 0 heterocycles. The fraction of sp³-hybridized carbons (Fsp3) is 0.857. The maximum absolute atomic E-state index is 12.2. The maximum Gasteiger partial charge on any atom is 0.310 e. The minimum Gasteiger partial charge on any atom is -0.481 e. The third-order valence-corrected chi connectivity index (χ3v) is 4.23. The summed E-state index contributed by atoms with van der Waals surface area (Å²) in [6, 6.07) is 0. The van der Waals surface area contributed by atoms with Crippen molar-refractivity contribution < 1.29 is 14.7 Å². The molecule has 18 heavy (non-hydrogen) atoms. The topological polar surface area (TPSA) is 66.4 Å². The van der Waals surface area contributed by atoms with Crippen LogP contribution in [0.5, 0.6) is 0 Å². The molecule has 0 aromatic rings. The highest BCUT2D eigenvalue weighted by molar-refractivity contribution is 5.83. The van der Waals surface area contributed by atoms with Crippen molar-refractivity contribution in [1.82, 2.24) is 5.32 Å². The van der Waals surface area contributed by atoms with Gasteiger partial charge in [-0.2, -0.15) is 0 Å². The van der Waals surface area contributed by atoms with Crippen molar-refractivity contribution in [2.24, 2.45) is 16.7 Å². The molecule has 0 unspecified atom stereocenters. The second-order valence-corrected chi connectivity index (χ2v) is 6.57. The fourth-order valence-electron chi connectivity index (χ4n) is 2.44. The van der Waals surface area contributed by atoms with Crippen LogP contribution in [0.15, 0.2) is 0 Å². The third kappa shape index (κ3) is 3.24. The summed E-state index contributed by atoms with van der Waals surface area (Å²) in [5.41, 5.74) is -1.31. The standard InChI is InChI=1S/C14H25NO3/c1-13(2,12(17)18)9-15-11(16)14(3,4)10-7-5-6-8-10/h10H,5-9H2,1-4H3,(H,15,16)(H,17,18). The molecule has 1 saturated carbocycles. The average molecular weight is 255 g/mol. The van der Waals surface area contributed by atoms with Crippen LogP contribution in [0.2, 0.25) is 0 Å². The number of hydrogen-bond acceptors (Lipinski definition) is 2. The highest BCUT2D eigenvalue weighted by Crippen LogP contribution is 2.39. The van der Waals surface area contributed by atoms with Crippen molar-refractivity contribution in [2.45, 2.75) is 53.4 Å². The summed E-state index contributed by atoms with van der Waals surface area (Å²) in [5.74, 6) is -0.490. The first-order chi connectivity index (χ1) is 8.18. The van der Waals surface area contributed by atoms with Crippen LogP contribution < -0.4 is 5.32 Å². The van der Waals surface area contributed by atoms with Gasteiger partial charge in [0.1, 0.15) is 0 Å². The zero-order chi connectivity index (χ0) is 14.0. The summed E-state index contributed by atoms with van der Waals surface area (Å²) in [7, 11) is 0. The van der Waals surface area contributed by atoms with Crippen LogP contribution in [0.4, 0.5) is 0 Å². The Morgan fingerprint density at radius 3 is 2.11 bits per heavy atom. The minimum atomic E-state index is -0.915. The number of aliphatic carboxylic acids is 1. The van der Waals surface area contributed by atoms with Crippen LogP contribution in [-0.4, -0.2) is 23.5 Å². The summed E-state index contributed by atoms with van der Waals surface area (Å²) in [6.45, 7) is 7.35. The number of carbonyl (C=O) groups excluding carboxylic acids is 1. The van der Waals surface area contributed by atoms with E-state index in [-0.39, 0.29) is 12.5 Å². The van der Waals surface area contributed by atoms with E-state index in [2.05, 4.69) is 5.32 Å². The molecule has 1 rings (SSSR count). The van der Waals surface area contributed by atoms with Crippen molar-refractivity contribution in [3.63, 3.8) is 0 Å². The van der Waals surface area contributed by atoms with E-state index < -0.39 is 16.8 Å². The van der Waals surface area contributed by atoms with Gasteiger partial charge in [-0.05, 0) is 32.6 Å². The lowest BCUT2D eigenvalue weighted by Crippen LogP contribution is -2.46. The van der Waals surface area contributed by atoms with Crippen molar-refractivity contribution in [3.8, 4) is 0 Å². The van der Waals surface area contributed by atoms with Crippen LogP contribution in [0.25, 0.3) is 0 Å². The zero-order valence-corrected chi connectivity index (χ0v) is 11.9. The monoisotopic (exact) mass is 255 g/mol. The van der Waals surface area contributed by atoms with Gasteiger partial charge in [-0.3, -0.25) is 9.59 Å². The summed E-state index contributed by atoms with van der Waals surface area (Å²) < 4.78 is 0. The highest BCUT2D eigenvalue weighted by atomic mass is 16.4. The summed E-state index contributed by atoms with van der Waals surface area (Å²) in [5, 5.41) is 11.8. The van der Waals surface area contributed by atoms with Gasteiger partial charge in [0.05, 0.1) is 5.41 Å². The number of hydrogen-bond donors (Lipinski definition) is 2. The van der Waals surface area contributed by atoms with Crippen molar-refractivity contribution >= 4 is 11.9 Å². The Morgan fingerprint density at radius 2 is 1.67 bits per heavy atom. The normalized spacial score (nSPS) is 17.8. The predicted molar refractivity (Wildman–Crippen MR) is 70.2 cm³/mol. The molecule has 0 radical (unpaired) electrons. The van der Waals surface area contributed by atoms with Gasteiger partial charge in [0, 0.05) is 12.0 Å². The first-order valence-corrected chi connectivity index (χ1v) is 6.69. The first-order valence-electron chi connectivity index (χ1n) is 6.69. The van der Waals surface area contributed by atoms with Crippen LogP contribution in [0.3, 0.4) is 0 Å². The van der Waals surface area contributed by atoms with E-state index in [1.165, 1.54) is 12.8 Å². The number of carboxylic acids is 1. The third-order valence-electron chi connectivity index (χ3n) is 4.23. The van der Waals surface area contributed by atoms with E-state index in [0.29, 0.717) is 5.92 Å². The molecule has 0 atom stereocenters. The maximum atomic E-state index is 12.2. The van der Waals surface area contributed by atoms with Crippen molar-refractivity contribution in [3.05, 3.63) is 0 Å². The number of carbonyl (C=O) groups is 2. The van der Waals surface area contributed by atoms with E-state index in [0.717, 1.165) is 12.8 Å². The molecule has 0 saturated heterocycles. The lowest BCUT2D eigenvalue weighted by Gasteiger charge is -2.31. The van der Waals surface area contributed by atoms with Gasteiger partial charge < -0.3 is 10.4 Å². The highest BCUT2D eigenvalue weighted by Gasteiger charge is 2.39. The zero-order valence-electron chi connectivity index (χ0n) is 11.9. The van der Waals surface area contributed by atoms with E-state index in [1.54, 1.807) is 13.8 Å². The smallest absolute Gasteiger partial charge is 0.310 e. The van der Waals surface area contributed by atoms with Gasteiger partial charge in [0.15, 0.2) is 0 Å². The molecule has 104 valence electrons. The van der Waals surface area contributed by atoms with Crippen LogP contribution in [-0.2, 0) is 9.59 Å². The molecule has 0 aromatic carbocycles. The second kappa shape index (κ2) is 5.29. The number of nitrogens with one attached hydrogen (secondary N) is 1. The van der Waals surface area contributed by atoms with E-state index in [4.69, 9.17) is 5.11 Å². The molecular formula is C14H25NO3. The van der Waals surface area contributed by atoms with E-state index >= 15 is 0 Å². The predicted octanol–water partition coefficient (Wildman–Crippen LogP) is 2.43. The number of amides is 1. The summed E-state index contributed by atoms with van der Waals surface area (Å²) in [4.78, 5) is 23.2. The molecule has 0 bridgehead atoms. The summed E-state index contributed by atoms with van der Waals surface area (Å²) >= 11 is 0. The molecule has 0 aromatic heterocycles. The second-order valence-electron chi connectivity index (χ2n) is 6.57. The van der Waals surface area contributed by atoms with Crippen molar-refractivity contribution in [2.75, 3.05) is 6.54 Å². The van der Waals surface area contributed by atoms with Gasteiger partial charge >= 0.3 is 5.97 Å². The molecule has 0 spiro atoms. The number of rotatable bonds is 5. The van der Waals surface area contributed by atoms with Crippen LogP contribution in [0, 0.1) is 16.7 Å².